The molecule has 3 heterocycles. The van der Waals surface area contributed by atoms with Gasteiger partial charge in [-0.25, -0.2) is 14.7 Å². The predicted octanol–water partition coefficient (Wildman–Crippen LogP) is 9.41. The first-order chi connectivity index (χ1) is 33.6. The van der Waals surface area contributed by atoms with Crippen LogP contribution in [0.5, 0.6) is 11.5 Å². The minimum absolute atomic E-state index is 0.190. The molecule has 0 spiro atoms. The molecule has 5 amide bonds. The fraction of sp³-hybridized carbons (Fsp3) is 0.358. The van der Waals surface area contributed by atoms with Crippen molar-refractivity contribution in [1.82, 2.24) is 20.5 Å². The smallest absolute Gasteiger partial charge is 0.417 e. The molecule has 0 radical (unpaired) electrons. The van der Waals surface area contributed by atoms with Gasteiger partial charge in [-0.15, -0.1) is 11.3 Å². The van der Waals surface area contributed by atoms with Crippen LogP contribution >= 0.6 is 11.3 Å². The van der Waals surface area contributed by atoms with E-state index in [0.29, 0.717) is 72.0 Å². The molecule has 71 heavy (non-hydrogen) atoms. The van der Waals surface area contributed by atoms with Crippen molar-refractivity contribution in [2.24, 2.45) is 5.41 Å². The second kappa shape index (κ2) is 21.0. The average molecular weight is 992 g/mol. The minimum Gasteiger partial charge on any atom is -0.494 e. The Bertz CT molecular complexity index is 2840. The van der Waals surface area contributed by atoms with E-state index in [9.17, 15) is 42.7 Å². The molecule has 2 fully saturated rings. The number of nitrogens with zero attached hydrogens (tertiary/aromatic N) is 5. The minimum atomic E-state index is -4.87. The number of hydrogen-bond donors (Lipinski definition) is 3. The van der Waals surface area contributed by atoms with Crippen molar-refractivity contribution in [3.8, 4) is 28.0 Å². The molecular formula is C53H56F3N7O7S. The van der Waals surface area contributed by atoms with Gasteiger partial charge in [-0.3, -0.25) is 19.3 Å². The number of benzene rings is 4. The number of urea groups is 1. The van der Waals surface area contributed by atoms with Gasteiger partial charge in [0, 0.05) is 36.5 Å². The molecule has 5 aromatic rings. The van der Waals surface area contributed by atoms with E-state index in [0.717, 1.165) is 33.8 Å². The lowest BCUT2D eigenvalue weighted by molar-refractivity contribution is -0.137. The third-order valence-electron chi connectivity index (χ3n) is 12.5. The number of hydrogen-bond acceptors (Lipinski definition) is 11. The summed E-state index contributed by atoms with van der Waals surface area (Å²) in [6, 6.07) is 23.3. The van der Waals surface area contributed by atoms with Gasteiger partial charge in [0.25, 0.3) is 11.8 Å². The van der Waals surface area contributed by atoms with Crippen LogP contribution in [0.3, 0.4) is 0 Å². The van der Waals surface area contributed by atoms with E-state index in [1.54, 1.807) is 64.8 Å². The number of carbonyl (C=O) groups excluding carboxylic acids is 4. The van der Waals surface area contributed by atoms with Crippen molar-refractivity contribution in [2.75, 3.05) is 29.6 Å². The summed E-state index contributed by atoms with van der Waals surface area (Å²) in [6.07, 6.45) is -4.20. The molecular weight excluding hydrogens is 936 g/mol. The lowest BCUT2D eigenvalue weighted by Crippen LogP contribution is -2.52. The Morgan fingerprint density at radius 2 is 1.62 bits per heavy atom. The Labute approximate surface area is 414 Å². The number of unbranched alkanes of at least 4 members (excludes halogenated alkanes) is 1. The van der Waals surface area contributed by atoms with Crippen LogP contribution in [-0.4, -0.2) is 82.2 Å². The summed E-state index contributed by atoms with van der Waals surface area (Å²) in [7, 11) is 0. The van der Waals surface area contributed by atoms with Gasteiger partial charge in [0.15, 0.2) is 0 Å². The highest BCUT2D eigenvalue weighted by molar-refractivity contribution is 7.13. The van der Waals surface area contributed by atoms with Gasteiger partial charge in [0.1, 0.15) is 23.1 Å². The van der Waals surface area contributed by atoms with Crippen LogP contribution in [0, 0.1) is 23.7 Å². The molecule has 3 atom stereocenters. The van der Waals surface area contributed by atoms with Crippen molar-refractivity contribution in [3.05, 3.63) is 137 Å². The number of carbonyl (C=O) groups is 4. The average Bonchev–Trinajstić information content (AvgIpc) is 4.00. The number of aliphatic hydroxyl groups excluding tert-OH is 1. The Hall–Kier alpha value is -7.23. The van der Waals surface area contributed by atoms with Crippen molar-refractivity contribution >= 4 is 46.5 Å². The number of alkyl halides is 3. The summed E-state index contributed by atoms with van der Waals surface area (Å²) < 4.78 is 53.0. The molecule has 0 saturated carbocycles. The maximum Gasteiger partial charge on any atom is 0.417 e. The Morgan fingerprint density at radius 1 is 0.958 bits per heavy atom. The zero-order valence-electron chi connectivity index (χ0n) is 40.3. The van der Waals surface area contributed by atoms with Crippen LogP contribution in [-0.2, 0) is 22.3 Å². The number of imide groups is 1. The van der Waals surface area contributed by atoms with Crippen LogP contribution in [0.25, 0.3) is 10.4 Å². The fourth-order valence-corrected chi connectivity index (χ4v) is 9.49. The number of ether oxygens (including phenoxy) is 2. The van der Waals surface area contributed by atoms with Gasteiger partial charge >= 0.3 is 12.2 Å². The highest BCUT2D eigenvalue weighted by Gasteiger charge is 2.53. The lowest BCUT2D eigenvalue weighted by atomic mass is 9.84. The maximum absolute atomic E-state index is 13.8. The molecule has 7 rings (SSSR count). The van der Waals surface area contributed by atoms with E-state index >= 15 is 0 Å². The van der Waals surface area contributed by atoms with Crippen LogP contribution in [0.15, 0.2) is 109 Å². The van der Waals surface area contributed by atoms with E-state index in [-0.39, 0.29) is 30.5 Å². The van der Waals surface area contributed by atoms with Crippen molar-refractivity contribution in [1.29, 1.82) is 5.26 Å². The molecule has 2 aliphatic rings. The van der Waals surface area contributed by atoms with Crippen LogP contribution in [0.2, 0.25) is 0 Å². The summed E-state index contributed by atoms with van der Waals surface area (Å²) >= 11 is 1.58. The quantitative estimate of drug-likeness (QED) is 0.0601. The van der Waals surface area contributed by atoms with E-state index in [1.807, 2.05) is 57.5 Å². The number of rotatable bonds is 17. The molecule has 14 nitrogen and oxygen atoms in total. The first-order valence-corrected chi connectivity index (χ1v) is 23.9. The van der Waals surface area contributed by atoms with Crippen LogP contribution in [0.4, 0.5) is 29.3 Å². The highest BCUT2D eigenvalue weighted by Crippen LogP contribution is 2.40. The fourth-order valence-electron chi connectivity index (χ4n) is 8.68. The number of nitrogens with one attached hydrogen (secondary N) is 2. The summed E-state index contributed by atoms with van der Waals surface area (Å²) in [5.74, 6) is -0.363. The Kier molecular flexibility index (Phi) is 15.3. The molecule has 3 N–H and O–H groups in total. The monoisotopic (exact) mass is 991 g/mol. The number of aryl methyl sites for hydroxylation is 1. The molecule has 0 aliphatic carbocycles. The molecule has 18 heteroatoms. The van der Waals surface area contributed by atoms with Gasteiger partial charge in [-0.05, 0) is 111 Å². The third kappa shape index (κ3) is 11.5. The molecule has 2 aliphatic heterocycles. The number of halogens is 3. The topological polar surface area (TPSA) is 177 Å². The lowest BCUT2D eigenvalue weighted by Gasteiger charge is -2.39. The molecule has 2 saturated heterocycles. The molecule has 2 unspecified atom stereocenters. The molecule has 4 aromatic carbocycles. The second-order valence-corrected chi connectivity index (χ2v) is 19.9. The summed E-state index contributed by atoms with van der Waals surface area (Å²) in [5.41, 5.74) is 1.84. The van der Waals surface area contributed by atoms with Crippen LogP contribution in [0.1, 0.15) is 86.6 Å². The van der Waals surface area contributed by atoms with E-state index in [1.165, 1.54) is 24.8 Å². The van der Waals surface area contributed by atoms with Gasteiger partial charge < -0.3 is 30.1 Å². The SMILES string of the molecule is C=C(C(NC(=O)c1cccc(OCCCCOc2ccc(N3C(=O)N(c4ccc(C#N)c(C(F)(F)F)c4)C(=O)C3(C)C)cc2)c1)C(C)(C)C)N1C[C@H](O)CC1C(=O)NCc1ccc(-c2scnc2C)cc1. The number of β-amino-alcohol motifs (C(OH)–C–C–N with tert-alkyl or cyclic N) is 1. The number of aromatic nitrogens is 1. The second-order valence-electron chi connectivity index (χ2n) is 19.1. The Balaban J connectivity index is 0.884. The normalized spacial score (nSPS) is 17.2. The predicted molar refractivity (Wildman–Crippen MR) is 264 cm³/mol. The zero-order valence-corrected chi connectivity index (χ0v) is 41.1. The number of thiazole rings is 1. The molecule has 372 valence electrons. The van der Waals surface area contributed by atoms with Gasteiger partial charge in [-0.1, -0.05) is 57.7 Å². The summed E-state index contributed by atoms with van der Waals surface area (Å²) in [4.78, 5) is 63.6. The van der Waals surface area contributed by atoms with Crippen molar-refractivity contribution in [2.45, 2.75) is 97.3 Å². The van der Waals surface area contributed by atoms with Gasteiger partial charge in [0.05, 0.1) is 64.3 Å². The number of aliphatic hydroxyl groups is 1. The number of amides is 5. The summed E-state index contributed by atoms with van der Waals surface area (Å²) in [6.45, 7) is 16.4. The standard InChI is InChI=1S/C53H56F3N7O7S/c1-32-45(71-31-59-32)35-15-13-34(14-16-35)29-58-48(66)44-27-40(64)30-61(44)33(2)46(51(3,4)5)60-47(65)36-11-10-12-42(25-36)70-24-9-8-23-69-41-21-19-38(20-22-41)63-50(68)62(49(67)52(63,6)7)39-18-17-37(28-57)43(26-39)53(54,55)56/h10-22,25-26,31,40,44,46,64H,2,8-9,23-24,27,29-30H2,1,3-7H3,(H,58,66)(H,60,65)/t40-,44?,46?/m1/s1. The maximum atomic E-state index is 13.8. The number of nitriles is 1. The number of likely N-dealkylation sites (tertiary alicyclic amines) is 1. The Morgan fingerprint density at radius 3 is 2.24 bits per heavy atom. The van der Waals surface area contributed by atoms with E-state index in [2.05, 4.69) is 22.2 Å². The summed E-state index contributed by atoms with van der Waals surface area (Å²) in [5, 5.41) is 26.1. The van der Waals surface area contributed by atoms with Crippen molar-refractivity contribution < 1.29 is 46.9 Å². The largest absolute Gasteiger partial charge is 0.494 e. The highest BCUT2D eigenvalue weighted by atomic mass is 32.1. The zero-order chi connectivity index (χ0) is 51.4. The van der Waals surface area contributed by atoms with E-state index < -0.39 is 58.4 Å². The van der Waals surface area contributed by atoms with Crippen LogP contribution < -0.4 is 29.9 Å². The first-order valence-electron chi connectivity index (χ1n) is 23.1. The van der Waals surface area contributed by atoms with E-state index in [4.69, 9.17) is 9.47 Å². The van der Waals surface area contributed by atoms with Gasteiger partial charge in [0.2, 0.25) is 5.91 Å². The first kappa shape index (κ1) is 51.6. The number of anilines is 2. The molecule has 1 aromatic heterocycles. The molecule has 0 bridgehead atoms. The van der Waals surface area contributed by atoms with Gasteiger partial charge in [-0.2, -0.15) is 18.4 Å². The third-order valence-corrected chi connectivity index (χ3v) is 13.5. The van der Waals surface area contributed by atoms with Crippen molar-refractivity contribution in [3.63, 3.8) is 0 Å².